The summed E-state index contributed by atoms with van der Waals surface area (Å²) in [5, 5.41) is 10.7. The minimum atomic E-state index is -0.108. The number of nitrogens with one attached hydrogen (secondary N) is 1. The third-order valence-electron chi connectivity index (χ3n) is 2.69. The molecule has 0 aliphatic heterocycles. The van der Waals surface area contributed by atoms with Crippen molar-refractivity contribution < 1.29 is 9.53 Å². The van der Waals surface area contributed by atoms with Gasteiger partial charge in [-0.2, -0.15) is 0 Å². The summed E-state index contributed by atoms with van der Waals surface area (Å²) >= 11 is 0. The van der Waals surface area contributed by atoms with Crippen LogP contribution in [0.5, 0.6) is 0 Å². The smallest absolute Gasteiger partial charge is 0.241 e. The molecule has 19 heavy (non-hydrogen) atoms. The van der Waals surface area contributed by atoms with E-state index in [0.29, 0.717) is 13.2 Å². The molecule has 1 heterocycles. The number of hydrogen-bond donors (Lipinski definition) is 2. The number of aromatic nitrogens is 3. The summed E-state index contributed by atoms with van der Waals surface area (Å²) in [7, 11) is 1.64. The number of amides is 1. The number of carbonyl (C=O) groups is 1. The van der Waals surface area contributed by atoms with Gasteiger partial charge >= 0.3 is 0 Å². The van der Waals surface area contributed by atoms with Crippen molar-refractivity contribution in [1.82, 2.24) is 20.3 Å². The molecule has 0 saturated carbocycles. The van der Waals surface area contributed by atoms with Crippen LogP contribution in [-0.2, 0) is 16.1 Å². The summed E-state index contributed by atoms with van der Waals surface area (Å²) in [6.07, 6.45) is 4.39. The number of ether oxygens (including phenoxy) is 1. The largest absolute Gasteiger partial charge is 0.385 e. The summed E-state index contributed by atoms with van der Waals surface area (Å²) in [4.78, 5) is 11.6. The Morgan fingerprint density at radius 1 is 1.63 bits per heavy atom. The molecule has 1 aromatic rings. The van der Waals surface area contributed by atoms with Gasteiger partial charge in [0.25, 0.3) is 0 Å². The van der Waals surface area contributed by atoms with Crippen molar-refractivity contribution in [2.24, 2.45) is 5.73 Å². The molecule has 0 bridgehead atoms. The highest BCUT2D eigenvalue weighted by atomic mass is 16.5. The van der Waals surface area contributed by atoms with Crippen molar-refractivity contribution in [2.45, 2.75) is 38.8 Å². The molecule has 108 valence electrons. The van der Waals surface area contributed by atoms with Crippen LogP contribution in [0.15, 0.2) is 6.20 Å². The lowest BCUT2D eigenvalue weighted by Gasteiger charge is -2.05. The molecule has 0 aliphatic carbocycles. The van der Waals surface area contributed by atoms with Gasteiger partial charge in [-0.05, 0) is 12.8 Å². The lowest BCUT2D eigenvalue weighted by atomic mass is 10.1. The zero-order chi connectivity index (χ0) is 14.1. The number of methoxy groups -OCH3 is 1. The number of nitrogens with two attached hydrogens (primary N) is 1. The van der Waals surface area contributed by atoms with Crippen LogP contribution < -0.4 is 11.1 Å². The lowest BCUT2D eigenvalue weighted by Crippen LogP contribution is -2.29. The maximum atomic E-state index is 11.6. The highest BCUT2D eigenvalue weighted by Gasteiger charge is 2.11. The summed E-state index contributed by atoms with van der Waals surface area (Å²) in [5.41, 5.74) is 6.66. The van der Waals surface area contributed by atoms with Crippen molar-refractivity contribution in [3.05, 3.63) is 11.9 Å². The minimum absolute atomic E-state index is 0.0865. The Hall–Kier alpha value is -1.47. The van der Waals surface area contributed by atoms with Gasteiger partial charge in [-0.15, -0.1) is 5.10 Å². The highest BCUT2D eigenvalue weighted by Crippen LogP contribution is 2.11. The van der Waals surface area contributed by atoms with Crippen molar-refractivity contribution >= 4 is 5.91 Å². The molecular formula is C12H23N5O2. The van der Waals surface area contributed by atoms with Crippen LogP contribution in [0.2, 0.25) is 0 Å². The number of carbonyl (C=O) groups excluding carboxylic acids is 1. The molecule has 0 fully saturated rings. The molecule has 1 amide bonds. The Kier molecular flexibility index (Phi) is 7.06. The van der Waals surface area contributed by atoms with E-state index in [-0.39, 0.29) is 18.5 Å². The Bertz CT molecular complexity index is 380. The van der Waals surface area contributed by atoms with Crippen LogP contribution in [0.4, 0.5) is 0 Å². The standard InChI is InChI=1S/C12H23N5O2/c1-3-5-10(13)11-8-17(16-15-11)9-12(18)14-6-4-7-19-2/h8,10H,3-7,9,13H2,1-2H3,(H,14,18). The number of rotatable bonds is 9. The van der Waals surface area contributed by atoms with E-state index in [1.807, 2.05) is 0 Å². The van der Waals surface area contributed by atoms with E-state index < -0.39 is 0 Å². The first-order chi connectivity index (χ1) is 9.17. The molecule has 0 radical (unpaired) electrons. The van der Waals surface area contributed by atoms with Crippen molar-refractivity contribution in [3.63, 3.8) is 0 Å². The summed E-state index contributed by atoms with van der Waals surface area (Å²) in [6, 6.07) is -0.108. The zero-order valence-electron chi connectivity index (χ0n) is 11.6. The average Bonchev–Trinajstić information content (AvgIpc) is 2.83. The molecule has 1 rings (SSSR count). The quantitative estimate of drug-likeness (QED) is 0.626. The van der Waals surface area contributed by atoms with E-state index >= 15 is 0 Å². The van der Waals surface area contributed by atoms with Crippen LogP contribution in [-0.4, -0.2) is 41.2 Å². The Morgan fingerprint density at radius 3 is 3.11 bits per heavy atom. The fourth-order valence-electron chi connectivity index (χ4n) is 1.67. The first kappa shape index (κ1) is 15.6. The van der Waals surface area contributed by atoms with Crippen molar-refractivity contribution in [2.75, 3.05) is 20.3 Å². The predicted octanol–water partition coefficient (Wildman–Crippen LogP) is 0.231. The third kappa shape index (κ3) is 5.80. The van der Waals surface area contributed by atoms with Crippen molar-refractivity contribution in [3.8, 4) is 0 Å². The third-order valence-corrected chi connectivity index (χ3v) is 2.69. The van der Waals surface area contributed by atoms with Gasteiger partial charge in [0.05, 0.1) is 17.9 Å². The van der Waals surface area contributed by atoms with E-state index in [9.17, 15) is 4.79 Å². The molecule has 0 aliphatic rings. The van der Waals surface area contributed by atoms with Gasteiger partial charge in [0.15, 0.2) is 0 Å². The van der Waals surface area contributed by atoms with E-state index in [0.717, 1.165) is 25.0 Å². The normalized spacial score (nSPS) is 12.4. The predicted molar refractivity (Wildman–Crippen MR) is 71.4 cm³/mol. The first-order valence-electron chi connectivity index (χ1n) is 6.58. The second kappa shape index (κ2) is 8.60. The van der Waals surface area contributed by atoms with E-state index in [1.165, 1.54) is 4.68 Å². The van der Waals surface area contributed by atoms with Gasteiger partial charge in [0.1, 0.15) is 6.54 Å². The second-order valence-corrected chi connectivity index (χ2v) is 4.43. The molecule has 7 heteroatoms. The second-order valence-electron chi connectivity index (χ2n) is 4.43. The number of hydrogen-bond acceptors (Lipinski definition) is 5. The molecule has 0 aromatic carbocycles. The zero-order valence-corrected chi connectivity index (χ0v) is 11.6. The Balaban J connectivity index is 2.34. The van der Waals surface area contributed by atoms with Gasteiger partial charge in [0.2, 0.25) is 5.91 Å². The molecule has 1 unspecified atom stereocenters. The molecular weight excluding hydrogens is 246 g/mol. The topological polar surface area (TPSA) is 95.1 Å². The highest BCUT2D eigenvalue weighted by molar-refractivity contribution is 5.75. The van der Waals surface area contributed by atoms with Crippen LogP contribution >= 0.6 is 0 Å². The van der Waals surface area contributed by atoms with Crippen LogP contribution in [0.1, 0.15) is 37.9 Å². The van der Waals surface area contributed by atoms with Crippen LogP contribution in [0.3, 0.4) is 0 Å². The molecule has 1 atom stereocenters. The Labute approximate surface area is 113 Å². The fraction of sp³-hybridized carbons (Fsp3) is 0.750. The van der Waals surface area contributed by atoms with E-state index in [2.05, 4.69) is 22.6 Å². The number of nitrogens with zero attached hydrogens (tertiary/aromatic N) is 3. The van der Waals surface area contributed by atoms with E-state index in [4.69, 9.17) is 10.5 Å². The minimum Gasteiger partial charge on any atom is -0.385 e. The maximum absolute atomic E-state index is 11.6. The molecule has 3 N–H and O–H groups in total. The van der Waals surface area contributed by atoms with Crippen LogP contribution in [0.25, 0.3) is 0 Å². The van der Waals surface area contributed by atoms with Gasteiger partial charge in [0, 0.05) is 20.3 Å². The fourth-order valence-corrected chi connectivity index (χ4v) is 1.67. The molecule has 0 spiro atoms. The molecule has 1 aromatic heterocycles. The van der Waals surface area contributed by atoms with Crippen molar-refractivity contribution in [1.29, 1.82) is 0 Å². The maximum Gasteiger partial charge on any atom is 0.241 e. The Morgan fingerprint density at radius 2 is 2.42 bits per heavy atom. The summed E-state index contributed by atoms with van der Waals surface area (Å²) in [6.45, 7) is 3.47. The van der Waals surface area contributed by atoms with Gasteiger partial charge < -0.3 is 15.8 Å². The van der Waals surface area contributed by atoms with E-state index in [1.54, 1.807) is 13.3 Å². The van der Waals surface area contributed by atoms with Gasteiger partial charge in [-0.25, -0.2) is 4.68 Å². The van der Waals surface area contributed by atoms with Crippen LogP contribution in [0, 0.1) is 0 Å². The monoisotopic (exact) mass is 269 g/mol. The summed E-state index contributed by atoms with van der Waals surface area (Å²) in [5.74, 6) is -0.0865. The first-order valence-corrected chi connectivity index (χ1v) is 6.58. The SMILES string of the molecule is CCCC(N)c1cn(CC(=O)NCCCOC)nn1. The lowest BCUT2D eigenvalue weighted by molar-refractivity contribution is -0.121. The average molecular weight is 269 g/mol. The van der Waals surface area contributed by atoms with Gasteiger partial charge in [-0.3, -0.25) is 4.79 Å². The van der Waals surface area contributed by atoms with Gasteiger partial charge in [-0.1, -0.05) is 18.6 Å². The molecule has 0 saturated heterocycles. The summed E-state index contributed by atoms with van der Waals surface area (Å²) < 4.78 is 6.41. The molecule has 7 nitrogen and oxygen atoms in total.